The lowest BCUT2D eigenvalue weighted by Gasteiger charge is -2.16. The van der Waals surface area contributed by atoms with Crippen molar-refractivity contribution in [1.29, 1.82) is 0 Å². The molecule has 1 aromatic heterocycles. The molecular weight excluding hydrogens is 222 g/mol. The Morgan fingerprint density at radius 1 is 1.35 bits per heavy atom. The van der Waals surface area contributed by atoms with Gasteiger partial charge in [0.15, 0.2) is 0 Å². The number of aromatic nitrogens is 1. The molecule has 2 atom stereocenters. The number of carboxylic acid groups (broad SMARTS) is 1. The number of hydrogen-bond acceptors (Lipinski definition) is 3. The molecule has 2 amide bonds. The molecule has 0 saturated carbocycles. The molecule has 3 N–H and O–H groups in total. The number of amides is 2. The predicted octanol–water partition coefficient (Wildman–Crippen LogP) is 0.915. The smallest absolute Gasteiger partial charge is 0.325 e. The minimum atomic E-state index is -1.07. The summed E-state index contributed by atoms with van der Waals surface area (Å²) in [6.07, 6.45) is 3.29. The third-order valence-corrected chi connectivity index (χ3v) is 2.25. The van der Waals surface area contributed by atoms with Crippen molar-refractivity contribution in [3.8, 4) is 0 Å². The molecule has 1 aromatic rings. The molecule has 0 bridgehead atoms. The fourth-order valence-corrected chi connectivity index (χ4v) is 1.21. The Balaban J connectivity index is 2.49. The Labute approximate surface area is 99.1 Å². The summed E-state index contributed by atoms with van der Waals surface area (Å²) in [6, 6.07) is 1.93. The molecule has 0 saturated heterocycles. The number of hydrogen-bond donors (Lipinski definition) is 3. The number of carboxylic acids is 1. The number of nitrogens with one attached hydrogen (secondary N) is 2. The van der Waals surface area contributed by atoms with Crippen molar-refractivity contribution in [3.05, 3.63) is 30.1 Å². The average molecular weight is 237 g/mol. The van der Waals surface area contributed by atoms with Gasteiger partial charge in [-0.15, -0.1) is 0 Å². The maximum atomic E-state index is 11.4. The molecule has 92 valence electrons. The molecule has 0 spiro atoms. The molecule has 1 rings (SSSR count). The van der Waals surface area contributed by atoms with Crippen LogP contribution in [0.15, 0.2) is 24.5 Å². The third kappa shape index (κ3) is 4.10. The highest BCUT2D eigenvalue weighted by Crippen LogP contribution is 2.09. The Bertz CT molecular complexity index is 394. The predicted molar refractivity (Wildman–Crippen MR) is 61.4 cm³/mol. The summed E-state index contributed by atoms with van der Waals surface area (Å²) in [4.78, 5) is 25.9. The molecule has 6 nitrogen and oxygen atoms in total. The second-order valence-electron chi connectivity index (χ2n) is 3.69. The number of carbonyl (C=O) groups excluding carboxylic acids is 1. The first-order chi connectivity index (χ1) is 8.00. The topological polar surface area (TPSA) is 91.3 Å². The van der Waals surface area contributed by atoms with Gasteiger partial charge in [-0.3, -0.25) is 9.78 Å². The van der Waals surface area contributed by atoms with Gasteiger partial charge in [-0.1, -0.05) is 6.07 Å². The molecule has 6 heteroatoms. The molecule has 0 radical (unpaired) electrons. The normalized spacial score (nSPS) is 13.5. The van der Waals surface area contributed by atoms with Gasteiger partial charge in [0, 0.05) is 12.4 Å². The summed E-state index contributed by atoms with van der Waals surface area (Å²) < 4.78 is 0. The van der Waals surface area contributed by atoms with Crippen LogP contribution in [-0.4, -0.2) is 28.1 Å². The molecule has 0 aromatic carbocycles. The van der Waals surface area contributed by atoms with Gasteiger partial charge in [-0.25, -0.2) is 4.79 Å². The average Bonchev–Trinajstić information content (AvgIpc) is 2.29. The van der Waals surface area contributed by atoms with Gasteiger partial charge >= 0.3 is 12.0 Å². The van der Waals surface area contributed by atoms with E-state index in [2.05, 4.69) is 15.6 Å². The third-order valence-electron chi connectivity index (χ3n) is 2.25. The number of urea groups is 1. The van der Waals surface area contributed by atoms with Crippen LogP contribution in [0.1, 0.15) is 25.5 Å². The van der Waals surface area contributed by atoms with Crippen LogP contribution in [0.2, 0.25) is 0 Å². The lowest BCUT2D eigenvalue weighted by molar-refractivity contribution is -0.138. The zero-order valence-electron chi connectivity index (χ0n) is 9.68. The minimum Gasteiger partial charge on any atom is -0.480 e. The highest BCUT2D eigenvalue weighted by molar-refractivity contribution is 5.82. The molecule has 0 aliphatic rings. The van der Waals surface area contributed by atoms with Crippen molar-refractivity contribution >= 4 is 12.0 Å². The van der Waals surface area contributed by atoms with Gasteiger partial charge in [-0.05, 0) is 25.5 Å². The largest absolute Gasteiger partial charge is 0.480 e. The molecular formula is C11H15N3O3. The molecule has 0 aliphatic carbocycles. The van der Waals surface area contributed by atoms with Crippen molar-refractivity contribution in [3.63, 3.8) is 0 Å². The van der Waals surface area contributed by atoms with Gasteiger partial charge in [0.05, 0.1) is 6.04 Å². The number of rotatable bonds is 4. The van der Waals surface area contributed by atoms with Crippen molar-refractivity contribution in [1.82, 2.24) is 15.6 Å². The van der Waals surface area contributed by atoms with Gasteiger partial charge in [0.2, 0.25) is 0 Å². The molecule has 1 heterocycles. The van der Waals surface area contributed by atoms with Gasteiger partial charge < -0.3 is 15.7 Å². The van der Waals surface area contributed by atoms with Gasteiger partial charge in [0.1, 0.15) is 6.04 Å². The monoisotopic (exact) mass is 237 g/mol. The molecule has 17 heavy (non-hydrogen) atoms. The minimum absolute atomic E-state index is 0.232. The Morgan fingerprint density at radius 3 is 2.59 bits per heavy atom. The van der Waals surface area contributed by atoms with E-state index in [0.717, 1.165) is 5.56 Å². The standard InChI is InChI=1S/C11H15N3O3/c1-7(9-4-3-5-12-6-9)13-11(17)14-8(2)10(15)16/h3-8H,1-2H3,(H,15,16)(H2,13,14,17)/t7?,8-/m0/s1. The van der Waals surface area contributed by atoms with Crippen LogP contribution in [0.3, 0.4) is 0 Å². The van der Waals surface area contributed by atoms with Crippen LogP contribution < -0.4 is 10.6 Å². The Kier molecular flexibility index (Phi) is 4.45. The lowest BCUT2D eigenvalue weighted by Crippen LogP contribution is -2.45. The van der Waals surface area contributed by atoms with Crippen LogP contribution >= 0.6 is 0 Å². The van der Waals surface area contributed by atoms with Gasteiger partial charge in [-0.2, -0.15) is 0 Å². The summed E-state index contributed by atoms with van der Waals surface area (Å²) in [5.74, 6) is -1.07. The first kappa shape index (κ1) is 13.0. The number of aliphatic carboxylic acids is 1. The van der Waals surface area contributed by atoms with Gasteiger partial charge in [0.25, 0.3) is 0 Å². The zero-order chi connectivity index (χ0) is 12.8. The van der Waals surface area contributed by atoms with Crippen LogP contribution in [0.4, 0.5) is 4.79 Å². The summed E-state index contributed by atoms with van der Waals surface area (Å²) in [5, 5.41) is 13.6. The van der Waals surface area contributed by atoms with E-state index in [9.17, 15) is 9.59 Å². The summed E-state index contributed by atoms with van der Waals surface area (Å²) in [7, 11) is 0. The van der Waals surface area contributed by atoms with Crippen LogP contribution in [-0.2, 0) is 4.79 Å². The van der Waals surface area contributed by atoms with E-state index in [1.165, 1.54) is 6.92 Å². The quantitative estimate of drug-likeness (QED) is 0.726. The maximum Gasteiger partial charge on any atom is 0.325 e. The number of pyridine rings is 1. The van der Waals surface area contributed by atoms with E-state index in [4.69, 9.17) is 5.11 Å². The van der Waals surface area contributed by atoms with E-state index >= 15 is 0 Å². The van der Waals surface area contributed by atoms with Crippen molar-refractivity contribution in [2.24, 2.45) is 0 Å². The summed E-state index contributed by atoms with van der Waals surface area (Å²) in [5.41, 5.74) is 0.852. The fourth-order valence-electron chi connectivity index (χ4n) is 1.21. The fraction of sp³-hybridized carbons (Fsp3) is 0.364. The van der Waals surface area contributed by atoms with Crippen molar-refractivity contribution < 1.29 is 14.7 Å². The Hall–Kier alpha value is -2.11. The SMILES string of the molecule is CC(NC(=O)N[C@@H](C)C(=O)O)c1cccnc1. The first-order valence-corrected chi connectivity index (χ1v) is 5.20. The number of carbonyl (C=O) groups is 2. The van der Waals surface area contributed by atoms with E-state index in [0.29, 0.717) is 0 Å². The molecule has 1 unspecified atom stereocenters. The first-order valence-electron chi connectivity index (χ1n) is 5.20. The van der Waals surface area contributed by atoms with Crippen molar-refractivity contribution in [2.45, 2.75) is 25.9 Å². The second-order valence-corrected chi connectivity index (χ2v) is 3.69. The lowest BCUT2D eigenvalue weighted by atomic mass is 10.1. The van der Waals surface area contributed by atoms with E-state index < -0.39 is 18.0 Å². The molecule has 0 aliphatic heterocycles. The number of nitrogens with zero attached hydrogens (tertiary/aromatic N) is 1. The molecule has 0 fully saturated rings. The van der Waals surface area contributed by atoms with E-state index in [1.54, 1.807) is 25.4 Å². The Morgan fingerprint density at radius 2 is 2.06 bits per heavy atom. The van der Waals surface area contributed by atoms with E-state index in [-0.39, 0.29) is 6.04 Å². The summed E-state index contributed by atoms with van der Waals surface area (Å²) in [6.45, 7) is 3.19. The van der Waals surface area contributed by atoms with Crippen LogP contribution in [0.25, 0.3) is 0 Å². The second kappa shape index (κ2) is 5.83. The van der Waals surface area contributed by atoms with Crippen molar-refractivity contribution in [2.75, 3.05) is 0 Å². The highest BCUT2D eigenvalue weighted by atomic mass is 16.4. The highest BCUT2D eigenvalue weighted by Gasteiger charge is 2.15. The van der Waals surface area contributed by atoms with Crippen LogP contribution in [0.5, 0.6) is 0 Å². The van der Waals surface area contributed by atoms with E-state index in [1.807, 2.05) is 6.07 Å². The van der Waals surface area contributed by atoms with Crippen LogP contribution in [0, 0.1) is 0 Å². The zero-order valence-corrected chi connectivity index (χ0v) is 9.68. The maximum absolute atomic E-state index is 11.4. The summed E-state index contributed by atoms with van der Waals surface area (Å²) >= 11 is 0.